The van der Waals surface area contributed by atoms with Crippen molar-refractivity contribution in [1.82, 2.24) is 5.32 Å². The lowest BCUT2D eigenvalue weighted by Crippen LogP contribution is -2.29. The van der Waals surface area contributed by atoms with Gasteiger partial charge in [-0.15, -0.1) is 0 Å². The van der Waals surface area contributed by atoms with Crippen LogP contribution >= 0.6 is 0 Å². The molecule has 1 aromatic heterocycles. The lowest BCUT2D eigenvalue weighted by atomic mass is 10.2. The smallest absolute Gasteiger partial charge is 0.349 e. The van der Waals surface area contributed by atoms with Crippen LogP contribution < -0.4 is 20.4 Å². The van der Waals surface area contributed by atoms with Crippen LogP contribution in [0.15, 0.2) is 63.8 Å². The molecule has 8 heteroatoms. The number of unbranched alkanes of at least 4 members (excludes halogenated alkanes) is 1. The van der Waals surface area contributed by atoms with Crippen molar-refractivity contribution in [3.8, 4) is 11.5 Å². The highest BCUT2D eigenvalue weighted by atomic mass is 16.5. The zero-order chi connectivity index (χ0) is 25.8. The van der Waals surface area contributed by atoms with Crippen molar-refractivity contribution in [3.63, 3.8) is 0 Å². The minimum atomic E-state index is -0.698. The summed E-state index contributed by atoms with van der Waals surface area (Å²) in [6, 6.07) is 13.9. The van der Waals surface area contributed by atoms with Crippen LogP contribution in [0.1, 0.15) is 49.0 Å². The third kappa shape index (κ3) is 7.73. The summed E-state index contributed by atoms with van der Waals surface area (Å²) in [6.45, 7) is 5.47. The van der Waals surface area contributed by atoms with E-state index in [1.54, 1.807) is 30.3 Å². The summed E-state index contributed by atoms with van der Waals surface area (Å²) >= 11 is 0. The number of amides is 1. The van der Waals surface area contributed by atoms with Crippen LogP contribution in [0.25, 0.3) is 17.0 Å². The molecule has 36 heavy (non-hydrogen) atoms. The van der Waals surface area contributed by atoms with Crippen molar-refractivity contribution in [3.05, 3.63) is 76.2 Å². The summed E-state index contributed by atoms with van der Waals surface area (Å²) in [7, 11) is 0. The van der Waals surface area contributed by atoms with E-state index in [2.05, 4.69) is 12.2 Å². The molecule has 3 aromatic rings. The van der Waals surface area contributed by atoms with E-state index in [-0.39, 0.29) is 18.7 Å². The molecule has 0 aliphatic carbocycles. The largest absolute Gasteiger partial charge is 0.490 e. The Kier molecular flexibility index (Phi) is 10.1. The number of ether oxygens (including phenoxy) is 3. The standard InChI is InChI=1S/C28H31NO7/c1-3-5-16-34-24-13-11-20(18-25(24)33-4-2)12-14-26(30)35-17-8-15-29-27(31)22-19-21-9-6-7-10-23(21)36-28(22)32/h6-7,9-14,18-19H,3-5,8,15-17H2,1-2H3,(H,29,31)/b14-12+. The molecule has 1 heterocycles. The molecule has 0 radical (unpaired) electrons. The molecule has 0 atom stereocenters. The lowest BCUT2D eigenvalue weighted by Gasteiger charge is -2.12. The van der Waals surface area contributed by atoms with Gasteiger partial charge in [-0.3, -0.25) is 4.79 Å². The molecule has 0 bridgehead atoms. The van der Waals surface area contributed by atoms with Crippen LogP contribution in [-0.2, 0) is 9.53 Å². The number of carbonyl (C=O) groups is 2. The average molecular weight is 494 g/mol. The molecular weight excluding hydrogens is 462 g/mol. The molecule has 0 aliphatic rings. The van der Waals surface area contributed by atoms with E-state index < -0.39 is 17.5 Å². The quantitative estimate of drug-likeness (QED) is 0.159. The van der Waals surface area contributed by atoms with Gasteiger partial charge in [-0.1, -0.05) is 37.6 Å². The predicted molar refractivity (Wildman–Crippen MR) is 137 cm³/mol. The Morgan fingerprint density at radius 1 is 0.972 bits per heavy atom. The molecule has 0 saturated heterocycles. The maximum atomic E-state index is 12.3. The van der Waals surface area contributed by atoms with Gasteiger partial charge in [0.1, 0.15) is 11.1 Å². The van der Waals surface area contributed by atoms with E-state index >= 15 is 0 Å². The number of benzene rings is 2. The molecule has 0 fully saturated rings. The van der Waals surface area contributed by atoms with Gasteiger partial charge in [-0.05, 0) is 55.7 Å². The fourth-order valence-electron chi connectivity index (χ4n) is 3.32. The molecule has 1 amide bonds. The van der Waals surface area contributed by atoms with Gasteiger partial charge in [-0.25, -0.2) is 9.59 Å². The molecule has 0 aliphatic heterocycles. The highest BCUT2D eigenvalue weighted by Crippen LogP contribution is 2.29. The Hall–Kier alpha value is -4.07. The summed E-state index contributed by atoms with van der Waals surface area (Å²) in [6.07, 6.45) is 5.37. The first kappa shape index (κ1) is 26.5. The second-order valence-electron chi connectivity index (χ2n) is 7.94. The third-order valence-corrected chi connectivity index (χ3v) is 5.17. The molecule has 1 N–H and O–H groups in total. The molecular formula is C28H31NO7. The van der Waals surface area contributed by atoms with Gasteiger partial charge in [-0.2, -0.15) is 0 Å². The van der Waals surface area contributed by atoms with Crippen molar-refractivity contribution < 1.29 is 28.2 Å². The summed E-state index contributed by atoms with van der Waals surface area (Å²) in [5.74, 6) is 0.263. The van der Waals surface area contributed by atoms with Crippen LogP contribution in [0, 0.1) is 0 Å². The fourth-order valence-corrected chi connectivity index (χ4v) is 3.32. The van der Waals surface area contributed by atoms with Crippen LogP contribution in [0.4, 0.5) is 0 Å². The monoisotopic (exact) mass is 493 g/mol. The van der Waals surface area contributed by atoms with Crippen LogP contribution in [0.2, 0.25) is 0 Å². The molecule has 0 saturated carbocycles. The summed E-state index contributed by atoms with van der Waals surface area (Å²) in [5.41, 5.74) is 0.432. The first-order valence-corrected chi connectivity index (χ1v) is 12.1. The Bertz CT molecular complexity index is 1260. The summed E-state index contributed by atoms with van der Waals surface area (Å²) < 4.78 is 21.8. The van der Waals surface area contributed by atoms with Gasteiger partial charge in [0.15, 0.2) is 11.5 Å². The zero-order valence-electron chi connectivity index (χ0n) is 20.6. The number of carbonyl (C=O) groups excluding carboxylic acids is 2. The van der Waals surface area contributed by atoms with Gasteiger partial charge in [0.2, 0.25) is 0 Å². The number of fused-ring (bicyclic) bond motifs is 1. The van der Waals surface area contributed by atoms with Crippen molar-refractivity contribution >= 4 is 28.9 Å². The maximum absolute atomic E-state index is 12.3. The normalized spacial score (nSPS) is 10.9. The van der Waals surface area contributed by atoms with Crippen LogP contribution in [0.5, 0.6) is 11.5 Å². The number of nitrogens with one attached hydrogen (secondary N) is 1. The first-order valence-electron chi connectivity index (χ1n) is 12.1. The SMILES string of the molecule is CCCCOc1ccc(/C=C/C(=O)OCCCNC(=O)c2cc3ccccc3oc2=O)cc1OCC. The minimum absolute atomic E-state index is 0.0677. The number of esters is 1. The Morgan fingerprint density at radius 2 is 1.81 bits per heavy atom. The lowest BCUT2D eigenvalue weighted by molar-refractivity contribution is -0.137. The Balaban J connectivity index is 1.44. The van der Waals surface area contributed by atoms with Gasteiger partial charge in [0, 0.05) is 18.0 Å². The van der Waals surface area contributed by atoms with E-state index in [4.69, 9.17) is 18.6 Å². The van der Waals surface area contributed by atoms with E-state index in [0.29, 0.717) is 42.1 Å². The fraction of sp³-hybridized carbons (Fsp3) is 0.321. The van der Waals surface area contributed by atoms with Crippen LogP contribution in [0.3, 0.4) is 0 Å². The first-order chi connectivity index (χ1) is 17.5. The highest BCUT2D eigenvalue weighted by Gasteiger charge is 2.13. The van der Waals surface area contributed by atoms with Crippen LogP contribution in [-0.4, -0.2) is 38.2 Å². The van der Waals surface area contributed by atoms with E-state index in [9.17, 15) is 14.4 Å². The Labute approximate surface area is 209 Å². The third-order valence-electron chi connectivity index (χ3n) is 5.17. The molecule has 0 spiro atoms. The van der Waals surface area contributed by atoms with Gasteiger partial charge in [0.05, 0.1) is 19.8 Å². The number of hydrogen-bond donors (Lipinski definition) is 1. The maximum Gasteiger partial charge on any atom is 0.349 e. The predicted octanol–water partition coefficient (Wildman–Crippen LogP) is 4.75. The Morgan fingerprint density at radius 3 is 2.61 bits per heavy atom. The molecule has 190 valence electrons. The average Bonchev–Trinajstić information content (AvgIpc) is 2.88. The summed E-state index contributed by atoms with van der Waals surface area (Å²) in [5, 5.41) is 3.31. The second-order valence-corrected chi connectivity index (χ2v) is 7.94. The van der Waals surface area contributed by atoms with Crippen molar-refractivity contribution in [2.75, 3.05) is 26.4 Å². The number of rotatable bonds is 13. The van der Waals surface area contributed by atoms with Gasteiger partial charge in [0.25, 0.3) is 5.91 Å². The van der Waals surface area contributed by atoms with E-state index in [0.717, 1.165) is 18.4 Å². The van der Waals surface area contributed by atoms with Crippen molar-refractivity contribution in [2.45, 2.75) is 33.1 Å². The number of para-hydroxylation sites is 1. The minimum Gasteiger partial charge on any atom is -0.490 e. The van der Waals surface area contributed by atoms with Crippen molar-refractivity contribution in [1.29, 1.82) is 0 Å². The number of hydrogen-bond acceptors (Lipinski definition) is 7. The molecule has 8 nitrogen and oxygen atoms in total. The molecule has 0 unspecified atom stereocenters. The topological polar surface area (TPSA) is 104 Å². The molecule has 3 rings (SSSR count). The van der Waals surface area contributed by atoms with E-state index in [1.807, 2.05) is 25.1 Å². The van der Waals surface area contributed by atoms with Gasteiger partial charge >= 0.3 is 11.6 Å². The zero-order valence-corrected chi connectivity index (χ0v) is 20.6. The van der Waals surface area contributed by atoms with Gasteiger partial charge < -0.3 is 23.9 Å². The summed E-state index contributed by atoms with van der Waals surface area (Å²) in [4.78, 5) is 36.4. The molecule has 2 aromatic carbocycles. The second kappa shape index (κ2) is 13.7. The highest BCUT2D eigenvalue weighted by molar-refractivity contribution is 5.96. The van der Waals surface area contributed by atoms with E-state index in [1.165, 1.54) is 12.1 Å². The van der Waals surface area contributed by atoms with Crippen molar-refractivity contribution in [2.24, 2.45) is 0 Å².